The Balaban J connectivity index is 2.28. The van der Waals surface area contributed by atoms with Gasteiger partial charge < -0.3 is 19.4 Å². The zero-order valence-electron chi connectivity index (χ0n) is 13.9. The molecule has 0 unspecified atom stereocenters. The number of carbonyl (C=O) groups is 1. The van der Waals surface area contributed by atoms with E-state index in [2.05, 4.69) is 20.9 Å². The summed E-state index contributed by atoms with van der Waals surface area (Å²) in [6, 6.07) is 10.6. The second-order valence-corrected chi connectivity index (χ2v) is 6.41. The van der Waals surface area contributed by atoms with Crippen molar-refractivity contribution in [3.8, 4) is 22.8 Å². The Kier molecular flexibility index (Phi) is 4.63. The van der Waals surface area contributed by atoms with Crippen LogP contribution in [0.5, 0.6) is 11.5 Å². The van der Waals surface area contributed by atoms with Gasteiger partial charge in [0.2, 0.25) is 0 Å². The van der Waals surface area contributed by atoms with Crippen molar-refractivity contribution in [1.29, 1.82) is 0 Å². The molecule has 1 aromatic heterocycles. The zero-order valence-corrected chi connectivity index (χ0v) is 15.5. The van der Waals surface area contributed by atoms with E-state index in [1.807, 2.05) is 19.1 Å². The summed E-state index contributed by atoms with van der Waals surface area (Å²) in [4.78, 5) is 16.2. The molecule has 0 radical (unpaired) electrons. The second kappa shape index (κ2) is 6.72. The van der Waals surface area contributed by atoms with Gasteiger partial charge in [-0.05, 0) is 53.2 Å². The molecule has 128 valence electrons. The third-order valence-corrected chi connectivity index (χ3v) is 4.50. The summed E-state index contributed by atoms with van der Waals surface area (Å²) >= 11 is 3.44. The lowest BCUT2D eigenvalue weighted by atomic mass is 10.0. The predicted molar refractivity (Wildman–Crippen MR) is 97.1 cm³/mol. The van der Waals surface area contributed by atoms with Crippen LogP contribution in [0.3, 0.4) is 0 Å². The molecule has 0 aliphatic rings. The average Bonchev–Trinajstić information content (AvgIpc) is 2.59. The topological polar surface area (TPSA) is 71.5 Å². The van der Waals surface area contributed by atoms with Crippen molar-refractivity contribution in [2.75, 3.05) is 14.2 Å². The fourth-order valence-electron chi connectivity index (χ4n) is 2.72. The van der Waals surface area contributed by atoms with Gasteiger partial charge in [0.25, 0.3) is 0 Å². The van der Waals surface area contributed by atoms with Crippen LogP contribution < -0.4 is 14.6 Å². The molecule has 6 heteroatoms. The number of pyridine rings is 1. The highest BCUT2D eigenvalue weighted by Gasteiger charge is 2.14. The SMILES string of the molecule is COc1cc(-c2cc(C(=O)[O-])c3cc(C)ccc3n2)cc(Br)c1OC. The van der Waals surface area contributed by atoms with Crippen molar-refractivity contribution in [3.63, 3.8) is 0 Å². The van der Waals surface area contributed by atoms with Crippen LogP contribution in [0.2, 0.25) is 0 Å². The van der Waals surface area contributed by atoms with Crippen LogP contribution in [-0.2, 0) is 0 Å². The van der Waals surface area contributed by atoms with E-state index in [0.717, 1.165) is 5.56 Å². The molecule has 0 N–H and O–H groups in total. The van der Waals surface area contributed by atoms with Gasteiger partial charge in [-0.25, -0.2) is 4.98 Å². The van der Waals surface area contributed by atoms with Gasteiger partial charge in [0.1, 0.15) is 0 Å². The van der Waals surface area contributed by atoms with E-state index in [4.69, 9.17) is 9.47 Å². The lowest BCUT2D eigenvalue weighted by molar-refractivity contribution is -0.254. The normalized spacial score (nSPS) is 10.7. The lowest BCUT2D eigenvalue weighted by Crippen LogP contribution is -2.22. The van der Waals surface area contributed by atoms with Gasteiger partial charge in [0.15, 0.2) is 11.5 Å². The number of ether oxygens (including phenoxy) is 2. The van der Waals surface area contributed by atoms with E-state index in [0.29, 0.717) is 38.1 Å². The highest BCUT2D eigenvalue weighted by Crippen LogP contribution is 2.39. The van der Waals surface area contributed by atoms with Gasteiger partial charge in [-0.2, -0.15) is 0 Å². The Hall–Kier alpha value is -2.60. The first-order valence-corrected chi connectivity index (χ1v) is 8.28. The molecule has 5 nitrogen and oxygen atoms in total. The molecule has 0 saturated carbocycles. The largest absolute Gasteiger partial charge is 0.545 e. The van der Waals surface area contributed by atoms with Crippen LogP contribution in [0.1, 0.15) is 15.9 Å². The van der Waals surface area contributed by atoms with Crippen molar-refractivity contribution < 1.29 is 19.4 Å². The Labute approximate surface area is 153 Å². The first kappa shape index (κ1) is 17.2. The van der Waals surface area contributed by atoms with Crippen molar-refractivity contribution >= 4 is 32.8 Å². The summed E-state index contributed by atoms with van der Waals surface area (Å²) < 4.78 is 11.3. The first-order valence-electron chi connectivity index (χ1n) is 7.49. The second-order valence-electron chi connectivity index (χ2n) is 5.56. The summed E-state index contributed by atoms with van der Waals surface area (Å²) in [7, 11) is 3.09. The molecule has 0 aliphatic carbocycles. The number of fused-ring (bicyclic) bond motifs is 1. The monoisotopic (exact) mass is 400 g/mol. The van der Waals surface area contributed by atoms with Gasteiger partial charge in [-0.3, -0.25) is 0 Å². The van der Waals surface area contributed by atoms with Crippen molar-refractivity contribution in [3.05, 3.63) is 52.0 Å². The smallest absolute Gasteiger partial charge is 0.174 e. The number of aromatic carboxylic acids is 1. The molecule has 0 atom stereocenters. The summed E-state index contributed by atoms with van der Waals surface area (Å²) in [5.74, 6) is -0.158. The Morgan fingerprint density at radius 2 is 1.88 bits per heavy atom. The number of hydrogen-bond donors (Lipinski definition) is 0. The number of aromatic nitrogens is 1. The maximum Gasteiger partial charge on any atom is 0.174 e. The number of carbonyl (C=O) groups excluding carboxylic acids is 1. The van der Waals surface area contributed by atoms with Crippen LogP contribution in [0.25, 0.3) is 22.2 Å². The predicted octanol–water partition coefficient (Wildman–Crippen LogP) is 3.35. The molecule has 0 aliphatic heterocycles. The van der Waals surface area contributed by atoms with Crippen LogP contribution >= 0.6 is 15.9 Å². The molecule has 3 aromatic rings. The number of methoxy groups -OCH3 is 2. The minimum atomic E-state index is -1.24. The lowest BCUT2D eigenvalue weighted by Gasteiger charge is -2.14. The van der Waals surface area contributed by atoms with E-state index >= 15 is 0 Å². The molecule has 2 aromatic carbocycles. The molecule has 0 amide bonds. The van der Waals surface area contributed by atoms with Crippen LogP contribution in [0.4, 0.5) is 0 Å². The quantitative estimate of drug-likeness (QED) is 0.671. The molecular weight excluding hydrogens is 386 g/mol. The molecule has 0 saturated heterocycles. The van der Waals surface area contributed by atoms with E-state index < -0.39 is 5.97 Å². The maximum absolute atomic E-state index is 11.6. The first-order chi connectivity index (χ1) is 11.9. The number of hydrogen-bond acceptors (Lipinski definition) is 5. The van der Waals surface area contributed by atoms with Crippen LogP contribution in [0.15, 0.2) is 40.9 Å². The van der Waals surface area contributed by atoms with Gasteiger partial charge >= 0.3 is 0 Å². The zero-order chi connectivity index (χ0) is 18.1. The molecular formula is C19H15BrNO4-. The number of halogens is 1. The highest BCUT2D eigenvalue weighted by atomic mass is 79.9. The number of aryl methyl sites for hydroxylation is 1. The minimum Gasteiger partial charge on any atom is -0.545 e. The standard InChI is InChI=1S/C19H16BrNO4/c1-10-4-5-15-12(6-10)13(19(22)23)9-16(21-15)11-7-14(20)18(25-3)17(8-11)24-2/h4-9H,1-3H3,(H,22,23)/p-1. The fourth-order valence-corrected chi connectivity index (χ4v) is 3.33. The minimum absolute atomic E-state index is 0.106. The van der Waals surface area contributed by atoms with Gasteiger partial charge in [-0.15, -0.1) is 0 Å². The van der Waals surface area contributed by atoms with Crippen LogP contribution in [0, 0.1) is 6.92 Å². The summed E-state index contributed by atoms with van der Waals surface area (Å²) in [5, 5.41) is 12.2. The molecule has 3 rings (SSSR count). The summed E-state index contributed by atoms with van der Waals surface area (Å²) in [6.45, 7) is 1.90. The van der Waals surface area contributed by atoms with E-state index in [-0.39, 0.29) is 5.56 Å². The van der Waals surface area contributed by atoms with Gasteiger partial charge in [-0.1, -0.05) is 11.6 Å². The Morgan fingerprint density at radius 3 is 2.52 bits per heavy atom. The van der Waals surface area contributed by atoms with Crippen LogP contribution in [-0.4, -0.2) is 25.2 Å². The van der Waals surface area contributed by atoms with Crippen molar-refractivity contribution in [2.24, 2.45) is 0 Å². The number of carboxylic acid groups (broad SMARTS) is 1. The Bertz CT molecular complexity index is 985. The number of nitrogens with zero attached hydrogens (tertiary/aromatic N) is 1. The summed E-state index contributed by atoms with van der Waals surface area (Å²) in [5.41, 5.74) is 2.87. The van der Waals surface area contributed by atoms with Crippen molar-refractivity contribution in [1.82, 2.24) is 4.98 Å². The van der Waals surface area contributed by atoms with Gasteiger partial charge in [0, 0.05) is 16.5 Å². The third-order valence-electron chi connectivity index (χ3n) is 3.91. The highest BCUT2D eigenvalue weighted by molar-refractivity contribution is 9.10. The molecule has 25 heavy (non-hydrogen) atoms. The number of carboxylic acids is 1. The van der Waals surface area contributed by atoms with E-state index in [1.54, 1.807) is 25.3 Å². The maximum atomic E-state index is 11.6. The number of rotatable bonds is 4. The Morgan fingerprint density at radius 1 is 1.12 bits per heavy atom. The summed E-state index contributed by atoms with van der Waals surface area (Å²) in [6.07, 6.45) is 0. The molecule has 0 spiro atoms. The third kappa shape index (κ3) is 3.17. The van der Waals surface area contributed by atoms with Crippen molar-refractivity contribution in [2.45, 2.75) is 6.92 Å². The molecule has 1 heterocycles. The van der Waals surface area contributed by atoms with E-state index in [1.165, 1.54) is 13.2 Å². The number of benzene rings is 2. The van der Waals surface area contributed by atoms with Gasteiger partial charge in [0.05, 0.1) is 35.9 Å². The molecule has 0 bridgehead atoms. The molecule has 0 fully saturated rings. The van der Waals surface area contributed by atoms with E-state index in [9.17, 15) is 9.90 Å². The average molecular weight is 401 g/mol. The fraction of sp³-hybridized carbons (Fsp3) is 0.158.